The first-order chi connectivity index (χ1) is 14.4. The highest BCUT2D eigenvalue weighted by Gasteiger charge is 2.54. The molecule has 2 unspecified atom stereocenters. The Morgan fingerprint density at radius 2 is 2.16 bits per heavy atom. The number of carbonyl (C=O) groups is 1. The van der Waals surface area contributed by atoms with Crippen molar-refractivity contribution in [3.63, 3.8) is 0 Å². The van der Waals surface area contributed by atoms with Gasteiger partial charge in [-0.25, -0.2) is 9.24 Å². The molecule has 0 bridgehead atoms. The zero-order chi connectivity index (χ0) is 23.4. The molecule has 1 fully saturated rings. The van der Waals surface area contributed by atoms with E-state index in [1.54, 1.807) is 26.2 Å². The Bertz CT molecular complexity index is 793. The molecule has 176 valence electrons. The molecule has 0 radical (unpaired) electrons. The van der Waals surface area contributed by atoms with Crippen molar-refractivity contribution in [3.05, 3.63) is 24.7 Å². The van der Waals surface area contributed by atoms with Crippen LogP contribution in [0.2, 0.25) is 0 Å². The molecule has 2 aliphatic heterocycles. The van der Waals surface area contributed by atoms with Crippen LogP contribution in [0.25, 0.3) is 0 Å². The van der Waals surface area contributed by atoms with E-state index in [0.717, 1.165) is 11.8 Å². The van der Waals surface area contributed by atoms with Gasteiger partial charge in [-0.1, -0.05) is 18.3 Å². The zero-order valence-electron chi connectivity index (χ0n) is 18.3. The second-order valence-electron chi connectivity index (χ2n) is 7.42. The molecule has 11 nitrogen and oxygen atoms in total. The lowest BCUT2D eigenvalue weighted by Crippen LogP contribution is -2.46. The number of aliphatic hydroxyl groups is 2. The Morgan fingerprint density at radius 3 is 2.71 bits per heavy atom. The summed E-state index contributed by atoms with van der Waals surface area (Å²) in [6.45, 7) is 6.61. The van der Waals surface area contributed by atoms with E-state index in [9.17, 15) is 19.6 Å². The number of aliphatic hydroxyl groups excluding tert-OH is 2. The first kappa shape index (κ1) is 26.0. The van der Waals surface area contributed by atoms with Crippen LogP contribution in [0.3, 0.4) is 0 Å². The van der Waals surface area contributed by atoms with Gasteiger partial charge in [0.15, 0.2) is 11.3 Å². The third-order valence-corrected chi connectivity index (χ3v) is 7.49. The van der Waals surface area contributed by atoms with Crippen LogP contribution in [-0.4, -0.2) is 94.9 Å². The van der Waals surface area contributed by atoms with E-state index in [1.165, 1.54) is 30.6 Å². The van der Waals surface area contributed by atoms with Gasteiger partial charge < -0.3 is 25.2 Å². The van der Waals surface area contributed by atoms with Crippen molar-refractivity contribution >= 4 is 30.5 Å². The average molecular weight is 479 g/mol. The highest BCUT2D eigenvalue weighted by Crippen LogP contribution is 2.51. The Morgan fingerprint density at radius 1 is 1.48 bits per heavy atom. The predicted octanol–water partition coefficient (Wildman–Crippen LogP) is 0.724. The summed E-state index contributed by atoms with van der Waals surface area (Å²) >= 11 is 1.05. The van der Waals surface area contributed by atoms with E-state index in [1.807, 2.05) is 0 Å². The van der Waals surface area contributed by atoms with Gasteiger partial charge in [0.1, 0.15) is 29.5 Å². The largest absolute Gasteiger partial charge is 0.407 e. The topological polar surface area (TPSA) is 133 Å². The summed E-state index contributed by atoms with van der Waals surface area (Å²) in [5, 5.41) is 24.1. The third-order valence-electron chi connectivity index (χ3n) is 4.77. The average Bonchev–Trinajstić information content (AvgIpc) is 2.94. The summed E-state index contributed by atoms with van der Waals surface area (Å²) < 4.78 is 31.3. The molecule has 0 amide bonds. The fraction of sp³-hybridized carbons (Fsp3) is 0.667. The molecule has 2 heterocycles. The molecule has 1 saturated heterocycles. The normalized spacial score (nSPS) is 31.9. The van der Waals surface area contributed by atoms with Gasteiger partial charge in [0.2, 0.25) is 0 Å². The maximum Gasteiger partial charge on any atom is 0.407 e. The van der Waals surface area contributed by atoms with E-state index >= 15 is 0 Å². The minimum atomic E-state index is -3.71. The first-order valence-electron chi connectivity index (χ1n) is 9.57. The number of thioether (sulfide) groups is 1. The Kier molecular flexibility index (Phi) is 8.88. The summed E-state index contributed by atoms with van der Waals surface area (Å²) in [6, 6.07) is 0. The van der Waals surface area contributed by atoms with Crippen LogP contribution < -0.4 is 5.32 Å². The number of ether oxygens (including phenoxy) is 1. The number of rotatable bonds is 9. The van der Waals surface area contributed by atoms with Crippen molar-refractivity contribution in [1.82, 2.24) is 14.9 Å². The van der Waals surface area contributed by atoms with E-state index < -0.39 is 31.8 Å². The molecule has 0 aliphatic carbocycles. The van der Waals surface area contributed by atoms with Crippen LogP contribution in [0.15, 0.2) is 29.7 Å². The number of hydrogen-bond acceptors (Lipinski definition) is 10. The van der Waals surface area contributed by atoms with Crippen LogP contribution in [0.5, 0.6) is 0 Å². The molecule has 2 aliphatic rings. The van der Waals surface area contributed by atoms with E-state index in [-0.39, 0.29) is 18.3 Å². The summed E-state index contributed by atoms with van der Waals surface area (Å²) in [5.41, 5.74) is -1.37. The highest BCUT2D eigenvalue weighted by atomic mass is 32.2. The summed E-state index contributed by atoms with van der Waals surface area (Å²) in [6.07, 6.45) is -0.261. The van der Waals surface area contributed by atoms with Crippen molar-refractivity contribution < 1.29 is 33.4 Å². The van der Waals surface area contributed by atoms with Gasteiger partial charge in [-0.05, 0) is 27.1 Å². The Labute approximate surface area is 186 Å². The molecule has 0 aromatic heterocycles. The van der Waals surface area contributed by atoms with Gasteiger partial charge in [-0.3, -0.25) is 18.8 Å². The van der Waals surface area contributed by atoms with Crippen molar-refractivity contribution in [2.75, 3.05) is 40.1 Å². The third kappa shape index (κ3) is 6.17. The van der Waals surface area contributed by atoms with Gasteiger partial charge in [0.25, 0.3) is 0 Å². The van der Waals surface area contributed by atoms with Crippen LogP contribution in [-0.2, 0) is 23.1 Å². The molecule has 0 aromatic carbocycles. The van der Waals surface area contributed by atoms with E-state index in [2.05, 4.69) is 16.9 Å². The van der Waals surface area contributed by atoms with Gasteiger partial charge in [0.05, 0.1) is 13.2 Å². The monoisotopic (exact) mass is 478 g/mol. The lowest BCUT2D eigenvalue weighted by molar-refractivity contribution is -0.122. The van der Waals surface area contributed by atoms with Gasteiger partial charge in [-0.15, -0.1) is 0 Å². The van der Waals surface area contributed by atoms with Crippen molar-refractivity contribution in [3.8, 4) is 0 Å². The number of nitrogens with zero attached hydrogens (tertiary/aromatic N) is 3. The second kappa shape index (κ2) is 10.6. The molecule has 0 spiro atoms. The highest BCUT2D eigenvalue weighted by molar-refractivity contribution is 8.13. The zero-order valence-corrected chi connectivity index (χ0v) is 20.1. The summed E-state index contributed by atoms with van der Waals surface area (Å²) in [5.74, 6) is 1.33. The standard InChI is InChI=1S/C18H31N4O7PS/c1-12-20-14(19-4)7-8-22(12)17-15(24)16(25)18(3,29-17)11-28-30(26,21(5)6)27-9-10-31-13(2)23/h7-8,15-17,24-25H,1,9-11H2,2-6H3,(H,19,20)/t15-,16?,17+,18+,30?/m0/s1. The fourth-order valence-electron chi connectivity index (χ4n) is 2.95. The van der Waals surface area contributed by atoms with Gasteiger partial charge in [0, 0.05) is 25.9 Å². The number of nitrogens with one attached hydrogen (secondary N) is 1. The first-order valence-corrected chi connectivity index (χ1v) is 12.0. The SMILES string of the molecule is C=C1NC(=NC)C=CN1[C@@H]1O[C@](C)(COP(=O)(OCCSC(C)=O)N(C)C)C(O)[C@@H]1O. The molecular formula is C18H31N4O7PS. The molecule has 0 saturated carbocycles. The van der Waals surface area contributed by atoms with E-state index in [4.69, 9.17) is 13.8 Å². The smallest absolute Gasteiger partial charge is 0.387 e. The van der Waals surface area contributed by atoms with Gasteiger partial charge >= 0.3 is 7.75 Å². The molecule has 0 aromatic rings. The number of aliphatic imine (C=N–C) groups is 1. The summed E-state index contributed by atoms with van der Waals surface area (Å²) in [7, 11) is 0.985. The van der Waals surface area contributed by atoms with Crippen molar-refractivity contribution in [2.45, 2.75) is 37.9 Å². The van der Waals surface area contributed by atoms with Crippen LogP contribution in [0.4, 0.5) is 0 Å². The number of amidine groups is 1. The van der Waals surface area contributed by atoms with Crippen molar-refractivity contribution in [1.29, 1.82) is 0 Å². The predicted molar refractivity (Wildman–Crippen MR) is 118 cm³/mol. The second-order valence-corrected chi connectivity index (χ2v) is 10.9. The molecular weight excluding hydrogens is 447 g/mol. The molecule has 2 rings (SSSR count). The summed E-state index contributed by atoms with van der Waals surface area (Å²) in [4.78, 5) is 16.6. The molecule has 3 N–H and O–H groups in total. The Hall–Kier alpha value is -1.24. The quantitative estimate of drug-likeness (QED) is 0.320. The fourth-order valence-corrected chi connectivity index (χ4v) is 4.81. The lowest BCUT2D eigenvalue weighted by atomic mass is 9.98. The molecule has 5 atom stereocenters. The minimum absolute atomic E-state index is 0.0382. The van der Waals surface area contributed by atoms with Gasteiger partial charge in [-0.2, -0.15) is 0 Å². The van der Waals surface area contributed by atoms with Crippen LogP contribution >= 0.6 is 19.5 Å². The number of carbonyl (C=O) groups excluding carboxylic acids is 1. The molecule has 31 heavy (non-hydrogen) atoms. The lowest BCUT2D eigenvalue weighted by Gasteiger charge is -2.34. The number of hydrogen-bond donors (Lipinski definition) is 3. The minimum Gasteiger partial charge on any atom is -0.387 e. The Balaban J connectivity index is 2.07. The van der Waals surface area contributed by atoms with Crippen LogP contribution in [0, 0.1) is 0 Å². The van der Waals surface area contributed by atoms with E-state index in [0.29, 0.717) is 17.4 Å². The van der Waals surface area contributed by atoms with Crippen LogP contribution in [0.1, 0.15) is 13.8 Å². The maximum absolute atomic E-state index is 13.1. The maximum atomic E-state index is 13.1. The van der Waals surface area contributed by atoms with Crippen molar-refractivity contribution in [2.24, 2.45) is 4.99 Å². The molecule has 13 heteroatoms.